The normalized spacial score (nSPS) is 20.3. The Morgan fingerprint density at radius 1 is 1.30 bits per heavy atom. The molecule has 0 radical (unpaired) electrons. The number of carbonyl (C=O) groups excluding carboxylic acids is 1. The number of hydrogen-bond acceptors (Lipinski definition) is 5. The van der Waals surface area contributed by atoms with E-state index in [1.807, 2.05) is 16.3 Å². The van der Waals surface area contributed by atoms with E-state index in [4.69, 9.17) is 0 Å². The Labute approximate surface area is 144 Å². The fraction of sp³-hybridized carbons (Fsp3) is 0.529. The van der Waals surface area contributed by atoms with Crippen LogP contribution in [0.25, 0.3) is 9.88 Å². The molecule has 4 heterocycles. The summed E-state index contributed by atoms with van der Waals surface area (Å²) in [6.45, 7) is 4.08. The Hall–Kier alpha value is -1.24. The van der Waals surface area contributed by atoms with Crippen LogP contribution in [-0.4, -0.2) is 42.0 Å². The SMILES string of the molecule is O=C(Cc1csc(-c2cccs2)n1)N1CCC2(CCNC2)CC1. The molecule has 6 heteroatoms. The number of nitrogens with zero attached hydrogens (tertiary/aromatic N) is 2. The van der Waals surface area contributed by atoms with Gasteiger partial charge in [0.1, 0.15) is 5.01 Å². The van der Waals surface area contributed by atoms with Gasteiger partial charge in [0.25, 0.3) is 0 Å². The fourth-order valence-corrected chi connectivity index (χ4v) is 5.25. The van der Waals surface area contributed by atoms with Crippen molar-refractivity contribution in [2.45, 2.75) is 25.7 Å². The van der Waals surface area contributed by atoms with E-state index in [1.54, 1.807) is 22.7 Å². The molecule has 0 aromatic carbocycles. The summed E-state index contributed by atoms with van der Waals surface area (Å²) < 4.78 is 0. The smallest absolute Gasteiger partial charge is 0.228 e. The summed E-state index contributed by atoms with van der Waals surface area (Å²) in [5.41, 5.74) is 1.37. The molecule has 2 aliphatic heterocycles. The average Bonchev–Trinajstić information content (AvgIpc) is 3.29. The number of thiophene rings is 1. The minimum Gasteiger partial charge on any atom is -0.342 e. The van der Waals surface area contributed by atoms with Gasteiger partial charge in [0, 0.05) is 25.0 Å². The molecular formula is C17H21N3OS2. The maximum atomic E-state index is 12.5. The van der Waals surface area contributed by atoms with E-state index in [0.29, 0.717) is 11.8 Å². The zero-order valence-corrected chi connectivity index (χ0v) is 14.7. The molecule has 23 heavy (non-hydrogen) atoms. The molecule has 0 aliphatic carbocycles. The van der Waals surface area contributed by atoms with Gasteiger partial charge >= 0.3 is 0 Å². The molecule has 4 nitrogen and oxygen atoms in total. The minimum atomic E-state index is 0.230. The minimum absolute atomic E-state index is 0.230. The first-order valence-electron chi connectivity index (χ1n) is 8.21. The topological polar surface area (TPSA) is 45.2 Å². The van der Waals surface area contributed by atoms with Crippen molar-refractivity contribution in [3.63, 3.8) is 0 Å². The van der Waals surface area contributed by atoms with E-state index in [1.165, 1.54) is 11.3 Å². The molecule has 0 unspecified atom stereocenters. The summed E-state index contributed by atoms with van der Waals surface area (Å²) in [6.07, 6.45) is 3.99. The van der Waals surface area contributed by atoms with Gasteiger partial charge in [0.2, 0.25) is 5.91 Å². The Morgan fingerprint density at radius 2 is 2.17 bits per heavy atom. The third-order valence-corrected chi connectivity index (χ3v) is 7.06. The van der Waals surface area contributed by atoms with E-state index in [2.05, 4.69) is 21.7 Å². The van der Waals surface area contributed by atoms with E-state index in [-0.39, 0.29) is 5.91 Å². The van der Waals surface area contributed by atoms with E-state index >= 15 is 0 Å². The number of thiazole rings is 1. The summed E-state index contributed by atoms with van der Waals surface area (Å²) in [6, 6.07) is 4.11. The van der Waals surface area contributed by atoms with Crippen molar-refractivity contribution in [3.05, 3.63) is 28.6 Å². The van der Waals surface area contributed by atoms with E-state index < -0.39 is 0 Å². The highest BCUT2D eigenvalue weighted by atomic mass is 32.1. The molecule has 0 atom stereocenters. The lowest BCUT2D eigenvalue weighted by Gasteiger charge is -2.38. The van der Waals surface area contributed by atoms with Crippen LogP contribution in [0.3, 0.4) is 0 Å². The van der Waals surface area contributed by atoms with Gasteiger partial charge in [-0.25, -0.2) is 4.98 Å². The third-order valence-electron chi connectivity index (χ3n) is 5.12. The van der Waals surface area contributed by atoms with Crippen molar-refractivity contribution in [1.29, 1.82) is 0 Å². The summed E-state index contributed by atoms with van der Waals surface area (Å²) >= 11 is 3.33. The van der Waals surface area contributed by atoms with Crippen molar-refractivity contribution in [3.8, 4) is 9.88 Å². The monoisotopic (exact) mass is 347 g/mol. The second-order valence-corrected chi connectivity index (χ2v) is 8.41. The molecule has 1 spiro atoms. The lowest BCUT2D eigenvalue weighted by molar-refractivity contribution is -0.132. The molecule has 1 amide bonds. The Bertz CT molecular complexity index is 664. The second kappa shape index (κ2) is 6.34. The average molecular weight is 348 g/mol. The van der Waals surface area contributed by atoms with Crippen LogP contribution in [0, 0.1) is 5.41 Å². The summed E-state index contributed by atoms with van der Waals surface area (Å²) in [7, 11) is 0. The van der Waals surface area contributed by atoms with Crippen molar-refractivity contribution in [2.24, 2.45) is 5.41 Å². The number of amides is 1. The molecule has 2 aromatic rings. The van der Waals surface area contributed by atoms with Gasteiger partial charge in [0.05, 0.1) is 17.0 Å². The zero-order valence-electron chi connectivity index (χ0n) is 13.1. The van der Waals surface area contributed by atoms with Crippen molar-refractivity contribution in [1.82, 2.24) is 15.2 Å². The maximum Gasteiger partial charge on any atom is 0.228 e. The van der Waals surface area contributed by atoms with Gasteiger partial charge < -0.3 is 10.2 Å². The number of rotatable bonds is 3. The molecule has 2 saturated heterocycles. The van der Waals surface area contributed by atoms with Gasteiger partial charge in [0.15, 0.2) is 0 Å². The van der Waals surface area contributed by atoms with Crippen LogP contribution < -0.4 is 5.32 Å². The van der Waals surface area contributed by atoms with Crippen LogP contribution in [0.5, 0.6) is 0 Å². The van der Waals surface area contributed by atoms with Crippen LogP contribution in [-0.2, 0) is 11.2 Å². The molecule has 4 rings (SSSR count). The van der Waals surface area contributed by atoms with Crippen molar-refractivity contribution < 1.29 is 4.79 Å². The second-order valence-electron chi connectivity index (χ2n) is 6.61. The lowest BCUT2D eigenvalue weighted by atomic mass is 9.78. The first-order chi connectivity index (χ1) is 11.2. The number of carbonyl (C=O) groups is 1. The molecule has 2 aromatic heterocycles. The summed E-state index contributed by atoms with van der Waals surface area (Å²) in [4.78, 5) is 20.4. The Balaban J connectivity index is 1.35. The van der Waals surface area contributed by atoms with Crippen LogP contribution in [0.2, 0.25) is 0 Å². The number of aromatic nitrogens is 1. The molecule has 122 valence electrons. The predicted octanol–water partition coefficient (Wildman–Crippen LogP) is 3.02. The van der Waals surface area contributed by atoms with Gasteiger partial charge in [-0.1, -0.05) is 6.07 Å². The van der Waals surface area contributed by atoms with Gasteiger partial charge in [-0.05, 0) is 42.7 Å². The first kappa shape index (κ1) is 15.3. The maximum absolute atomic E-state index is 12.5. The number of nitrogens with one attached hydrogen (secondary N) is 1. The Kier molecular flexibility index (Phi) is 4.22. The highest BCUT2D eigenvalue weighted by Gasteiger charge is 2.37. The summed E-state index contributed by atoms with van der Waals surface area (Å²) in [5.74, 6) is 0.230. The van der Waals surface area contributed by atoms with Crippen LogP contribution in [0.1, 0.15) is 25.0 Å². The highest BCUT2D eigenvalue weighted by Crippen LogP contribution is 2.37. The Morgan fingerprint density at radius 3 is 2.87 bits per heavy atom. The number of hydrogen-bond donors (Lipinski definition) is 1. The predicted molar refractivity (Wildman–Crippen MR) is 94.9 cm³/mol. The highest BCUT2D eigenvalue weighted by molar-refractivity contribution is 7.20. The van der Waals surface area contributed by atoms with Crippen LogP contribution in [0.15, 0.2) is 22.9 Å². The molecular weight excluding hydrogens is 326 g/mol. The number of likely N-dealkylation sites (tertiary alicyclic amines) is 1. The van der Waals surface area contributed by atoms with E-state index in [9.17, 15) is 4.79 Å². The van der Waals surface area contributed by atoms with Gasteiger partial charge in [-0.15, -0.1) is 22.7 Å². The standard InChI is InChI=1S/C17H21N3OS2/c21-15(20-7-4-17(5-8-20)3-6-18-12-17)10-13-11-23-16(19-13)14-2-1-9-22-14/h1-2,9,11,18H,3-8,10,12H2. The van der Waals surface area contributed by atoms with Crippen molar-refractivity contribution in [2.75, 3.05) is 26.2 Å². The lowest BCUT2D eigenvalue weighted by Crippen LogP contribution is -2.44. The third kappa shape index (κ3) is 3.20. The molecule has 1 N–H and O–H groups in total. The van der Waals surface area contributed by atoms with Crippen LogP contribution >= 0.6 is 22.7 Å². The molecule has 2 aliphatic rings. The van der Waals surface area contributed by atoms with Crippen LogP contribution in [0.4, 0.5) is 0 Å². The first-order valence-corrected chi connectivity index (χ1v) is 9.97. The zero-order chi connectivity index (χ0) is 15.7. The summed E-state index contributed by atoms with van der Waals surface area (Å²) in [5, 5.41) is 8.58. The largest absolute Gasteiger partial charge is 0.342 e. The molecule has 0 bridgehead atoms. The molecule has 0 saturated carbocycles. The van der Waals surface area contributed by atoms with E-state index in [0.717, 1.165) is 49.7 Å². The molecule has 2 fully saturated rings. The van der Waals surface area contributed by atoms with Gasteiger partial charge in [-0.2, -0.15) is 0 Å². The van der Waals surface area contributed by atoms with Crippen molar-refractivity contribution >= 4 is 28.6 Å². The number of piperidine rings is 1. The quantitative estimate of drug-likeness (QED) is 0.928. The van der Waals surface area contributed by atoms with Gasteiger partial charge in [-0.3, -0.25) is 4.79 Å². The fourth-order valence-electron chi connectivity index (χ4n) is 3.62.